The standard InChI is InChI=1S/C8H16BFN.2C2H6N.CH3.Hf/c1-9(11-2)6-7-4-3-5-8(7)10;2*1-3-2;;/h7-8H,3-6H2,1-2H3;2*1-2H3;1H3;/q4*-1;+4/t7-,8?;;;;/m0..../s1. The van der Waals surface area contributed by atoms with Crippen molar-refractivity contribution in [2.24, 2.45) is 5.92 Å². The van der Waals surface area contributed by atoms with Crippen molar-refractivity contribution in [1.29, 1.82) is 0 Å². The van der Waals surface area contributed by atoms with Gasteiger partial charge in [-0.1, -0.05) is 12.7 Å². The van der Waals surface area contributed by atoms with E-state index in [2.05, 4.69) is 22.7 Å². The average molecular weight is 438 g/mol. The fraction of sp³-hybridized carbons (Fsp3) is 0.923. The van der Waals surface area contributed by atoms with Gasteiger partial charge < -0.3 is 23.3 Å². The van der Waals surface area contributed by atoms with E-state index in [0.29, 0.717) is 12.8 Å². The van der Waals surface area contributed by atoms with Crippen molar-refractivity contribution in [3.8, 4) is 0 Å². The van der Waals surface area contributed by atoms with Crippen molar-refractivity contribution in [1.82, 2.24) is 0 Å². The van der Waals surface area contributed by atoms with Crippen LogP contribution in [0.15, 0.2) is 0 Å². The molecule has 0 aromatic carbocycles. The molecule has 19 heavy (non-hydrogen) atoms. The predicted molar refractivity (Wildman–Crippen MR) is 84.8 cm³/mol. The predicted octanol–water partition coefficient (Wildman–Crippen LogP) is 4.44. The molecule has 1 aliphatic rings. The number of hydrogen-bond donors (Lipinski definition) is 0. The molecule has 0 aromatic heterocycles. The molecular formula is C13H31BFHfN3. The van der Waals surface area contributed by atoms with Gasteiger partial charge in [0.05, 0.1) is 0 Å². The Bertz CT molecular complexity index is 154. The van der Waals surface area contributed by atoms with Gasteiger partial charge in [0.2, 0.25) is 0 Å². The van der Waals surface area contributed by atoms with E-state index in [1.165, 1.54) is 0 Å². The van der Waals surface area contributed by atoms with Gasteiger partial charge in [-0.3, -0.25) is 0 Å². The zero-order chi connectivity index (χ0) is 13.7. The maximum absolute atomic E-state index is 13.0. The largest absolute Gasteiger partial charge is 4.00 e. The van der Waals surface area contributed by atoms with E-state index in [4.69, 9.17) is 0 Å². The quantitative estimate of drug-likeness (QED) is 0.463. The van der Waals surface area contributed by atoms with E-state index >= 15 is 0 Å². The first-order chi connectivity index (χ1) is 8.06. The number of rotatable bonds is 3. The van der Waals surface area contributed by atoms with Crippen LogP contribution in [-0.2, 0) is 25.8 Å². The normalized spacial score (nSPS) is 19.7. The van der Waals surface area contributed by atoms with Crippen LogP contribution in [0, 0.1) is 13.3 Å². The van der Waals surface area contributed by atoms with Crippen LogP contribution in [-0.4, -0.2) is 48.3 Å². The first-order valence-corrected chi connectivity index (χ1v) is 6.26. The fourth-order valence-corrected chi connectivity index (χ4v) is 1.80. The Morgan fingerprint density at radius 1 is 1.05 bits per heavy atom. The Kier molecular flexibility index (Phi) is 31.0. The van der Waals surface area contributed by atoms with Crippen LogP contribution in [0.25, 0.3) is 15.9 Å². The Balaban J connectivity index is -0.000000122. The molecule has 0 radical (unpaired) electrons. The summed E-state index contributed by atoms with van der Waals surface area (Å²) < 4.78 is 13.0. The molecule has 0 N–H and O–H groups in total. The monoisotopic (exact) mass is 439 g/mol. The molecule has 1 saturated carbocycles. The molecule has 0 aromatic rings. The molecule has 0 bridgehead atoms. The number of alkyl halides is 1. The molecule has 1 aliphatic carbocycles. The second kappa shape index (κ2) is 21.1. The molecular weight excluding hydrogens is 406 g/mol. The maximum atomic E-state index is 13.0. The molecule has 1 fully saturated rings. The molecule has 0 aliphatic heterocycles. The Hall–Kier alpha value is 0.745. The van der Waals surface area contributed by atoms with Gasteiger partial charge in [-0.2, -0.15) is 35.2 Å². The van der Waals surface area contributed by atoms with Crippen LogP contribution < -0.4 is 0 Å². The molecule has 2 atom stereocenters. The number of hydrogen-bond acceptors (Lipinski definition) is 0. The topological polar surface area (TPSA) is 42.3 Å². The van der Waals surface area contributed by atoms with Crippen molar-refractivity contribution in [2.45, 2.75) is 38.6 Å². The summed E-state index contributed by atoms with van der Waals surface area (Å²) in [6, 6.07) is 0. The van der Waals surface area contributed by atoms with Crippen molar-refractivity contribution in [3.63, 3.8) is 0 Å². The average Bonchev–Trinajstić information content (AvgIpc) is 2.66. The second-order valence-electron chi connectivity index (χ2n) is 4.44. The third-order valence-electron chi connectivity index (χ3n) is 2.65. The van der Waals surface area contributed by atoms with E-state index in [1.54, 1.807) is 28.2 Å². The van der Waals surface area contributed by atoms with Gasteiger partial charge in [-0.25, -0.2) is 4.39 Å². The Morgan fingerprint density at radius 2 is 1.47 bits per heavy atom. The molecule has 112 valence electrons. The molecule has 0 spiro atoms. The maximum Gasteiger partial charge on any atom is 4.00 e. The van der Waals surface area contributed by atoms with Crippen molar-refractivity contribution >= 4 is 6.85 Å². The van der Waals surface area contributed by atoms with Crippen LogP contribution in [0.4, 0.5) is 4.39 Å². The third-order valence-corrected chi connectivity index (χ3v) is 2.65. The summed E-state index contributed by atoms with van der Waals surface area (Å²) in [6.07, 6.45) is 3.32. The summed E-state index contributed by atoms with van der Waals surface area (Å²) in [5.41, 5.74) is 0. The first kappa shape index (κ1) is 28.0. The van der Waals surface area contributed by atoms with Gasteiger partial charge in [0.25, 0.3) is 0 Å². The van der Waals surface area contributed by atoms with Gasteiger partial charge in [0.15, 0.2) is 0 Å². The van der Waals surface area contributed by atoms with Crippen LogP contribution in [0.2, 0.25) is 13.1 Å². The zero-order valence-electron chi connectivity index (χ0n) is 13.8. The Morgan fingerprint density at radius 3 is 1.74 bits per heavy atom. The van der Waals surface area contributed by atoms with Crippen molar-refractivity contribution in [3.05, 3.63) is 23.3 Å². The van der Waals surface area contributed by atoms with Gasteiger partial charge in [-0.05, 0) is 18.8 Å². The SMILES string of the molecule is C[N-]B(C)C[C@@H]1CCCC1F.C[N-]C.C[N-]C.[CH3-].[Hf+4]. The van der Waals surface area contributed by atoms with Crippen LogP contribution in [0.3, 0.4) is 0 Å². The summed E-state index contributed by atoms with van der Waals surface area (Å²) in [4.78, 5) is 0. The van der Waals surface area contributed by atoms with Gasteiger partial charge in [-0.15, -0.1) is 6.82 Å². The van der Waals surface area contributed by atoms with Crippen LogP contribution in [0.1, 0.15) is 19.3 Å². The molecule has 0 amide bonds. The van der Waals surface area contributed by atoms with E-state index in [-0.39, 0.29) is 33.3 Å². The van der Waals surface area contributed by atoms with Crippen LogP contribution in [0.5, 0.6) is 0 Å². The minimum atomic E-state index is -0.542. The zero-order valence-corrected chi connectivity index (χ0v) is 17.4. The summed E-state index contributed by atoms with van der Waals surface area (Å²) in [7, 11) is 8.81. The van der Waals surface area contributed by atoms with Gasteiger partial charge >= 0.3 is 25.8 Å². The van der Waals surface area contributed by atoms with E-state index in [1.807, 2.05) is 7.05 Å². The Labute approximate surface area is 140 Å². The molecule has 6 heteroatoms. The molecule has 1 rings (SSSR count). The number of nitrogens with zero attached hydrogens (tertiary/aromatic N) is 3. The van der Waals surface area contributed by atoms with E-state index in [9.17, 15) is 4.39 Å². The molecule has 0 saturated heterocycles. The summed E-state index contributed by atoms with van der Waals surface area (Å²) in [5, 5.41) is 11.1. The minimum absolute atomic E-state index is 0. The molecule has 1 unspecified atom stereocenters. The molecule has 3 nitrogen and oxygen atoms in total. The fourth-order valence-electron chi connectivity index (χ4n) is 1.80. The summed E-state index contributed by atoms with van der Waals surface area (Å²) in [5.74, 6) is 0.300. The van der Waals surface area contributed by atoms with Crippen LogP contribution >= 0.6 is 0 Å². The summed E-state index contributed by atoms with van der Waals surface area (Å²) >= 11 is 0. The second-order valence-corrected chi connectivity index (χ2v) is 4.44. The first-order valence-electron chi connectivity index (χ1n) is 6.26. The van der Waals surface area contributed by atoms with Crippen molar-refractivity contribution < 1.29 is 30.2 Å². The molecule has 0 heterocycles. The summed E-state index contributed by atoms with van der Waals surface area (Å²) in [6.45, 7) is 2.40. The minimum Gasteiger partial charge on any atom is -0.689 e. The van der Waals surface area contributed by atoms with Gasteiger partial charge in [0.1, 0.15) is 6.17 Å². The van der Waals surface area contributed by atoms with E-state index in [0.717, 1.165) is 25.6 Å². The van der Waals surface area contributed by atoms with Gasteiger partial charge in [0, 0.05) is 6.85 Å². The van der Waals surface area contributed by atoms with E-state index < -0.39 is 6.17 Å². The van der Waals surface area contributed by atoms with Crippen molar-refractivity contribution in [2.75, 3.05) is 35.2 Å². The smallest absolute Gasteiger partial charge is 0.689 e. The third kappa shape index (κ3) is 18.7. The number of halogens is 1.